The Hall–Kier alpha value is -2.37. The van der Waals surface area contributed by atoms with E-state index in [1.807, 2.05) is 12.3 Å². The number of nitrogens with one attached hydrogen (secondary N) is 2. The van der Waals surface area contributed by atoms with Gasteiger partial charge in [-0.3, -0.25) is 14.5 Å². The molecule has 0 aliphatic rings. The minimum Gasteiger partial charge on any atom is -0.388 e. The number of hydrogen-bond acceptors (Lipinski definition) is 4. The first-order chi connectivity index (χ1) is 8.79. The molecule has 0 unspecified atom stereocenters. The molecule has 1 amide bonds. The van der Waals surface area contributed by atoms with Crippen LogP contribution in [0.2, 0.25) is 0 Å². The van der Waals surface area contributed by atoms with Crippen LogP contribution in [0.5, 0.6) is 0 Å². The molecule has 6 heteroatoms. The van der Waals surface area contributed by atoms with Crippen molar-refractivity contribution in [2.45, 2.75) is 6.54 Å². The second-order valence-electron chi connectivity index (χ2n) is 3.70. The van der Waals surface area contributed by atoms with Gasteiger partial charge in [0.2, 0.25) is 0 Å². The Morgan fingerprint density at radius 2 is 2.33 bits per heavy atom. The summed E-state index contributed by atoms with van der Waals surface area (Å²) in [6.07, 6.45) is 5.17. The lowest BCUT2D eigenvalue weighted by Gasteiger charge is -2.06. The Bertz CT molecular complexity index is 509. The highest BCUT2D eigenvalue weighted by Gasteiger charge is 2.06. The molecular formula is C12H15N5O. The van der Waals surface area contributed by atoms with E-state index in [0.29, 0.717) is 18.8 Å². The van der Waals surface area contributed by atoms with Crippen molar-refractivity contribution >= 4 is 11.6 Å². The third-order valence-electron chi connectivity index (χ3n) is 2.47. The van der Waals surface area contributed by atoms with Gasteiger partial charge in [0.15, 0.2) is 0 Å². The van der Waals surface area contributed by atoms with E-state index in [1.165, 1.54) is 0 Å². The van der Waals surface area contributed by atoms with E-state index in [2.05, 4.69) is 20.7 Å². The summed E-state index contributed by atoms with van der Waals surface area (Å²) >= 11 is 0. The Morgan fingerprint density at radius 1 is 1.44 bits per heavy atom. The highest BCUT2D eigenvalue weighted by molar-refractivity contribution is 5.93. The van der Waals surface area contributed by atoms with Crippen molar-refractivity contribution in [3.63, 3.8) is 0 Å². The lowest BCUT2D eigenvalue weighted by atomic mass is 10.3. The predicted octanol–water partition coefficient (Wildman–Crippen LogP) is 0.750. The summed E-state index contributed by atoms with van der Waals surface area (Å²) in [6.45, 7) is 1.16. The summed E-state index contributed by atoms with van der Waals surface area (Å²) in [5.41, 5.74) is 1.27. The van der Waals surface area contributed by atoms with Crippen LogP contribution in [0.15, 0.2) is 36.8 Å². The zero-order chi connectivity index (χ0) is 12.8. The van der Waals surface area contributed by atoms with E-state index in [-0.39, 0.29) is 5.91 Å². The second kappa shape index (κ2) is 5.81. The third kappa shape index (κ3) is 3.07. The number of rotatable bonds is 5. The zero-order valence-corrected chi connectivity index (χ0v) is 10.1. The molecule has 2 aromatic heterocycles. The number of carbonyl (C=O) groups excluding carboxylic acids is 1. The van der Waals surface area contributed by atoms with Crippen molar-refractivity contribution in [1.29, 1.82) is 0 Å². The predicted molar refractivity (Wildman–Crippen MR) is 68.3 cm³/mol. The van der Waals surface area contributed by atoms with Gasteiger partial charge in [-0.1, -0.05) is 0 Å². The van der Waals surface area contributed by atoms with Crippen molar-refractivity contribution in [2.75, 3.05) is 18.9 Å². The fraction of sp³-hybridized carbons (Fsp3) is 0.250. The molecule has 0 saturated heterocycles. The lowest BCUT2D eigenvalue weighted by Crippen LogP contribution is -2.28. The highest BCUT2D eigenvalue weighted by Crippen LogP contribution is 2.06. The summed E-state index contributed by atoms with van der Waals surface area (Å²) in [6, 6.07) is 5.36. The molecule has 0 saturated carbocycles. The van der Waals surface area contributed by atoms with Gasteiger partial charge in [-0.25, -0.2) is 0 Å². The Balaban J connectivity index is 1.87. The molecule has 0 aliphatic carbocycles. The van der Waals surface area contributed by atoms with E-state index >= 15 is 0 Å². The van der Waals surface area contributed by atoms with Gasteiger partial charge in [0.25, 0.3) is 5.91 Å². The number of nitrogens with zero attached hydrogens (tertiary/aromatic N) is 3. The van der Waals surface area contributed by atoms with Gasteiger partial charge in [0.1, 0.15) is 5.69 Å². The SMILES string of the molecule is CNc1ccnc(C(=O)NCCn2cccn2)c1. The molecule has 2 N–H and O–H groups in total. The maximum atomic E-state index is 11.8. The van der Waals surface area contributed by atoms with Crippen LogP contribution < -0.4 is 10.6 Å². The van der Waals surface area contributed by atoms with Crippen molar-refractivity contribution in [2.24, 2.45) is 0 Å². The van der Waals surface area contributed by atoms with E-state index in [1.54, 1.807) is 36.3 Å². The van der Waals surface area contributed by atoms with Gasteiger partial charge in [-0.05, 0) is 18.2 Å². The largest absolute Gasteiger partial charge is 0.388 e. The topological polar surface area (TPSA) is 71.8 Å². The molecular weight excluding hydrogens is 230 g/mol. The molecule has 18 heavy (non-hydrogen) atoms. The van der Waals surface area contributed by atoms with Gasteiger partial charge >= 0.3 is 0 Å². The van der Waals surface area contributed by atoms with Crippen LogP contribution in [0.4, 0.5) is 5.69 Å². The Labute approximate surface area is 105 Å². The van der Waals surface area contributed by atoms with Gasteiger partial charge in [-0.15, -0.1) is 0 Å². The molecule has 2 rings (SSSR count). The molecule has 2 aromatic rings. The van der Waals surface area contributed by atoms with Gasteiger partial charge in [0, 0.05) is 37.9 Å². The minimum atomic E-state index is -0.181. The summed E-state index contributed by atoms with van der Waals surface area (Å²) in [5.74, 6) is -0.181. The van der Waals surface area contributed by atoms with E-state index in [0.717, 1.165) is 5.69 Å². The summed E-state index contributed by atoms with van der Waals surface area (Å²) in [4.78, 5) is 15.8. The van der Waals surface area contributed by atoms with Gasteiger partial charge in [0.05, 0.1) is 6.54 Å². The summed E-state index contributed by atoms with van der Waals surface area (Å²) < 4.78 is 1.76. The van der Waals surface area contributed by atoms with Crippen molar-refractivity contribution < 1.29 is 4.79 Å². The quantitative estimate of drug-likeness (QED) is 0.815. The molecule has 94 valence electrons. The van der Waals surface area contributed by atoms with E-state index in [9.17, 15) is 4.79 Å². The van der Waals surface area contributed by atoms with Crippen LogP contribution >= 0.6 is 0 Å². The Morgan fingerprint density at radius 3 is 3.06 bits per heavy atom. The molecule has 6 nitrogen and oxygen atoms in total. The lowest BCUT2D eigenvalue weighted by molar-refractivity contribution is 0.0947. The van der Waals surface area contributed by atoms with Crippen molar-refractivity contribution in [3.8, 4) is 0 Å². The summed E-state index contributed by atoms with van der Waals surface area (Å²) in [7, 11) is 1.80. The molecule has 0 spiro atoms. The standard InChI is InChI=1S/C12H15N5O/c1-13-10-3-5-14-11(9-10)12(18)15-6-8-17-7-2-4-16-17/h2-5,7,9H,6,8H2,1H3,(H,13,14)(H,15,18). The summed E-state index contributed by atoms with van der Waals surface area (Å²) in [5, 5.41) is 9.82. The monoisotopic (exact) mass is 245 g/mol. The van der Waals surface area contributed by atoms with Crippen LogP contribution in [0.1, 0.15) is 10.5 Å². The highest BCUT2D eigenvalue weighted by atomic mass is 16.1. The van der Waals surface area contributed by atoms with Gasteiger partial charge < -0.3 is 10.6 Å². The minimum absolute atomic E-state index is 0.181. The number of carbonyl (C=O) groups is 1. The first-order valence-corrected chi connectivity index (χ1v) is 5.69. The zero-order valence-electron chi connectivity index (χ0n) is 10.1. The van der Waals surface area contributed by atoms with Crippen LogP contribution in [0, 0.1) is 0 Å². The first kappa shape index (κ1) is 12.1. The third-order valence-corrected chi connectivity index (χ3v) is 2.47. The molecule has 2 heterocycles. The average Bonchev–Trinajstić information content (AvgIpc) is 2.92. The van der Waals surface area contributed by atoms with Crippen LogP contribution in [-0.4, -0.2) is 34.3 Å². The molecule has 0 aromatic carbocycles. The molecule has 0 atom stereocenters. The van der Waals surface area contributed by atoms with E-state index in [4.69, 9.17) is 0 Å². The fourth-order valence-electron chi connectivity index (χ4n) is 1.52. The normalized spacial score (nSPS) is 10.1. The average molecular weight is 245 g/mol. The maximum absolute atomic E-state index is 11.8. The van der Waals surface area contributed by atoms with Crippen LogP contribution in [-0.2, 0) is 6.54 Å². The number of pyridine rings is 1. The smallest absolute Gasteiger partial charge is 0.270 e. The maximum Gasteiger partial charge on any atom is 0.270 e. The molecule has 0 radical (unpaired) electrons. The van der Waals surface area contributed by atoms with E-state index < -0.39 is 0 Å². The molecule has 0 fully saturated rings. The van der Waals surface area contributed by atoms with Crippen molar-refractivity contribution in [3.05, 3.63) is 42.5 Å². The Kier molecular flexibility index (Phi) is 3.90. The molecule has 0 aliphatic heterocycles. The number of aromatic nitrogens is 3. The number of amides is 1. The fourth-order valence-corrected chi connectivity index (χ4v) is 1.52. The first-order valence-electron chi connectivity index (χ1n) is 5.69. The van der Waals surface area contributed by atoms with Crippen molar-refractivity contribution in [1.82, 2.24) is 20.1 Å². The van der Waals surface area contributed by atoms with Crippen LogP contribution in [0.3, 0.4) is 0 Å². The van der Waals surface area contributed by atoms with Crippen LogP contribution in [0.25, 0.3) is 0 Å². The number of anilines is 1. The number of hydrogen-bond donors (Lipinski definition) is 2. The second-order valence-corrected chi connectivity index (χ2v) is 3.70. The van der Waals surface area contributed by atoms with Gasteiger partial charge in [-0.2, -0.15) is 5.10 Å². The molecule has 0 bridgehead atoms.